The summed E-state index contributed by atoms with van der Waals surface area (Å²) in [5.41, 5.74) is 2.51. The second kappa shape index (κ2) is 10.9. The zero-order valence-corrected chi connectivity index (χ0v) is 23.2. The summed E-state index contributed by atoms with van der Waals surface area (Å²) in [5.74, 6) is -0.782. The lowest BCUT2D eigenvalue weighted by atomic mass is 10.1. The van der Waals surface area contributed by atoms with E-state index in [1.165, 1.54) is 4.90 Å². The van der Waals surface area contributed by atoms with E-state index < -0.39 is 34.1 Å². The van der Waals surface area contributed by atoms with Crippen LogP contribution in [-0.2, 0) is 26.2 Å². The van der Waals surface area contributed by atoms with Crippen molar-refractivity contribution in [3.63, 3.8) is 0 Å². The standard InChI is InChI=1S/C25H34BrN3O4S/c1-17-11-12-22(18(2)13-17)29(34(7,32)33)16-23(30)28(15-20-9-8-10-21(26)14-20)19(3)24(31)27-25(4,5)6/h8-14,19H,15-16H2,1-7H3,(H,27,31)/t19-/m0/s1. The number of hydrogen-bond donors (Lipinski definition) is 1. The van der Waals surface area contributed by atoms with Crippen molar-refractivity contribution in [3.8, 4) is 0 Å². The van der Waals surface area contributed by atoms with Gasteiger partial charge in [-0.2, -0.15) is 0 Å². The highest BCUT2D eigenvalue weighted by atomic mass is 79.9. The monoisotopic (exact) mass is 551 g/mol. The average Bonchev–Trinajstić information content (AvgIpc) is 2.68. The third-order valence-electron chi connectivity index (χ3n) is 5.21. The Labute approximate surface area is 211 Å². The average molecular weight is 553 g/mol. The zero-order chi connectivity index (χ0) is 25.8. The molecule has 1 atom stereocenters. The van der Waals surface area contributed by atoms with Gasteiger partial charge in [0, 0.05) is 16.6 Å². The van der Waals surface area contributed by atoms with Crippen LogP contribution >= 0.6 is 15.9 Å². The van der Waals surface area contributed by atoms with Crippen LogP contribution in [-0.4, -0.2) is 49.5 Å². The third kappa shape index (κ3) is 7.84. The molecular weight excluding hydrogens is 518 g/mol. The predicted octanol–water partition coefficient (Wildman–Crippen LogP) is 4.16. The number of nitrogens with zero attached hydrogens (tertiary/aromatic N) is 2. The van der Waals surface area contributed by atoms with E-state index in [1.807, 2.05) is 71.0 Å². The number of benzene rings is 2. The first-order chi connectivity index (χ1) is 15.6. The molecule has 0 saturated carbocycles. The zero-order valence-electron chi connectivity index (χ0n) is 20.8. The molecule has 0 bridgehead atoms. The number of carbonyl (C=O) groups is 2. The van der Waals surface area contributed by atoms with Crippen molar-refractivity contribution in [1.29, 1.82) is 0 Å². The van der Waals surface area contributed by atoms with Gasteiger partial charge in [-0.15, -0.1) is 0 Å². The predicted molar refractivity (Wildman–Crippen MR) is 140 cm³/mol. The van der Waals surface area contributed by atoms with E-state index in [-0.39, 0.29) is 12.5 Å². The Hall–Kier alpha value is -2.39. The van der Waals surface area contributed by atoms with E-state index >= 15 is 0 Å². The number of sulfonamides is 1. The summed E-state index contributed by atoms with van der Waals surface area (Å²) in [6.45, 7) is 10.7. The van der Waals surface area contributed by atoms with Gasteiger partial charge in [-0.25, -0.2) is 8.42 Å². The Balaban J connectivity index is 2.44. The summed E-state index contributed by atoms with van der Waals surface area (Å²) >= 11 is 3.44. The first-order valence-corrected chi connectivity index (χ1v) is 13.6. The van der Waals surface area contributed by atoms with Crippen molar-refractivity contribution >= 4 is 43.5 Å². The Morgan fingerprint density at radius 2 is 1.74 bits per heavy atom. The maximum absolute atomic E-state index is 13.6. The van der Waals surface area contributed by atoms with Crippen molar-refractivity contribution in [2.45, 2.75) is 59.7 Å². The molecule has 0 aliphatic heterocycles. The second-order valence-corrected chi connectivity index (χ2v) is 12.4. The van der Waals surface area contributed by atoms with E-state index in [1.54, 1.807) is 13.0 Å². The van der Waals surface area contributed by atoms with Crippen molar-refractivity contribution in [1.82, 2.24) is 10.2 Å². The lowest BCUT2D eigenvalue weighted by Gasteiger charge is -2.33. The van der Waals surface area contributed by atoms with Crippen LogP contribution in [0, 0.1) is 13.8 Å². The molecule has 0 aliphatic carbocycles. The molecule has 0 aromatic heterocycles. The van der Waals surface area contributed by atoms with Crippen molar-refractivity contribution in [3.05, 3.63) is 63.6 Å². The fraction of sp³-hybridized carbons (Fsp3) is 0.440. The summed E-state index contributed by atoms with van der Waals surface area (Å²) in [4.78, 5) is 28.0. The summed E-state index contributed by atoms with van der Waals surface area (Å²) in [7, 11) is -3.76. The molecule has 0 unspecified atom stereocenters. The molecule has 9 heteroatoms. The number of aryl methyl sites for hydroxylation is 2. The highest BCUT2D eigenvalue weighted by molar-refractivity contribution is 9.10. The van der Waals surface area contributed by atoms with Crippen LogP contribution in [0.2, 0.25) is 0 Å². The summed E-state index contributed by atoms with van der Waals surface area (Å²) in [6, 6.07) is 12.0. The maximum atomic E-state index is 13.6. The van der Waals surface area contributed by atoms with Crippen LogP contribution in [0.4, 0.5) is 5.69 Å². The van der Waals surface area contributed by atoms with Crippen LogP contribution in [0.15, 0.2) is 46.9 Å². The van der Waals surface area contributed by atoms with Gasteiger partial charge in [0.15, 0.2) is 0 Å². The van der Waals surface area contributed by atoms with E-state index in [0.717, 1.165) is 31.7 Å². The molecule has 2 aromatic rings. The third-order valence-corrected chi connectivity index (χ3v) is 6.83. The Bertz CT molecular complexity index is 1160. The number of nitrogens with one attached hydrogen (secondary N) is 1. The molecule has 0 fully saturated rings. The number of carbonyl (C=O) groups excluding carboxylic acids is 2. The van der Waals surface area contributed by atoms with Gasteiger partial charge in [0.2, 0.25) is 21.8 Å². The number of anilines is 1. The maximum Gasteiger partial charge on any atom is 0.244 e. The summed E-state index contributed by atoms with van der Waals surface area (Å²) in [5, 5.41) is 2.91. The van der Waals surface area contributed by atoms with Crippen molar-refractivity contribution in [2.75, 3.05) is 17.1 Å². The Morgan fingerprint density at radius 3 is 2.26 bits per heavy atom. The van der Waals surface area contributed by atoms with Gasteiger partial charge in [0.25, 0.3) is 0 Å². The first-order valence-electron chi connectivity index (χ1n) is 11.0. The molecule has 2 rings (SSSR count). The number of rotatable bonds is 8. The summed E-state index contributed by atoms with van der Waals surface area (Å²) < 4.78 is 27.3. The van der Waals surface area contributed by atoms with E-state index in [9.17, 15) is 18.0 Å². The minimum atomic E-state index is -3.76. The Kier molecular flexibility index (Phi) is 8.93. The van der Waals surface area contributed by atoms with E-state index in [4.69, 9.17) is 0 Å². The number of amides is 2. The minimum absolute atomic E-state index is 0.154. The molecule has 186 valence electrons. The molecule has 0 saturated heterocycles. The van der Waals surface area contributed by atoms with Gasteiger partial charge in [-0.3, -0.25) is 13.9 Å². The van der Waals surface area contributed by atoms with Crippen LogP contribution < -0.4 is 9.62 Å². The molecule has 0 spiro atoms. The second-order valence-electron chi connectivity index (χ2n) is 9.63. The number of hydrogen-bond acceptors (Lipinski definition) is 4. The van der Waals surface area contributed by atoms with Crippen molar-refractivity contribution < 1.29 is 18.0 Å². The van der Waals surface area contributed by atoms with Crippen LogP contribution in [0.3, 0.4) is 0 Å². The van der Waals surface area contributed by atoms with E-state index in [0.29, 0.717) is 5.69 Å². The molecule has 0 radical (unpaired) electrons. The highest BCUT2D eigenvalue weighted by Gasteiger charge is 2.31. The fourth-order valence-corrected chi connectivity index (χ4v) is 4.92. The van der Waals surface area contributed by atoms with Gasteiger partial charge < -0.3 is 10.2 Å². The molecule has 0 aliphatic rings. The Morgan fingerprint density at radius 1 is 1.09 bits per heavy atom. The van der Waals surface area contributed by atoms with Crippen LogP contribution in [0.1, 0.15) is 44.4 Å². The molecular formula is C25H34BrN3O4S. The van der Waals surface area contributed by atoms with Gasteiger partial charge in [0.05, 0.1) is 11.9 Å². The van der Waals surface area contributed by atoms with Gasteiger partial charge in [-0.1, -0.05) is 45.8 Å². The highest BCUT2D eigenvalue weighted by Crippen LogP contribution is 2.24. The van der Waals surface area contributed by atoms with Gasteiger partial charge in [0.1, 0.15) is 12.6 Å². The lowest BCUT2D eigenvalue weighted by molar-refractivity contribution is -0.140. The normalized spacial score (nSPS) is 12.7. The SMILES string of the molecule is Cc1ccc(N(CC(=O)N(Cc2cccc(Br)c2)[C@@H](C)C(=O)NC(C)(C)C)S(C)(=O)=O)c(C)c1. The smallest absolute Gasteiger partial charge is 0.244 e. The van der Waals surface area contributed by atoms with Crippen LogP contribution in [0.25, 0.3) is 0 Å². The first kappa shape index (κ1) is 27.9. The summed E-state index contributed by atoms with van der Waals surface area (Å²) in [6.07, 6.45) is 1.08. The molecule has 34 heavy (non-hydrogen) atoms. The molecule has 0 heterocycles. The van der Waals surface area contributed by atoms with Gasteiger partial charge in [-0.05, 0) is 70.9 Å². The number of halogens is 1. The molecule has 7 nitrogen and oxygen atoms in total. The largest absolute Gasteiger partial charge is 0.350 e. The minimum Gasteiger partial charge on any atom is -0.350 e. The molecule has 1 N–H and O–H groups in total. The fourth-order valence-electron chi connectivity index (χ4n) is 3.57. The van der Waals surface area contributed by atoms with Crippen LogP contribution in [0.5, 0.6) is 0 Å². The quantitative estimate of drug-likeness (QED) is 0.533. The molecule has 2 aromatic carbocycles. The van der Waals surface area contributed by atoms with E-state index in [2.05, 4.69) is 21.2 Å². The van der Waals surface area contributed by atoms with Crippen molar-refractivity contribution in [2.24, 2.45) is 0 Å². The molecule has 2 amide bonds. The topological polar surface area (TPSA) is 86.8 Å². The lowest BCUT2D eigenvalue weighted by Crippen LogP contribution is -2.54. The van der Waals surface area contributed by atoms with Gasteiger partial charge >= 0.3 is 0 Å².